The number of thiophene rings is 1. The highest BCUT2D eigenvalue weighted by molar-refractivity contribution is 7.17. The fraction of sp³-hybridized carbons (Fsp3) is 0.0556. The lowest BCUT2D eigenvalue weighted by Crippen LogP contribution is -2.11. The highest BCUT2D eigenvalue weighted by Gasteiger charge is 2.22. The Balaban J connectivity index is 1.66. The number of ether oxygens (including phenoxy) is 1. The summed E-state index contributed by atoms with van der Waals surface area (Å²) in [7, 11) is 0. The fourth-order valence-corrected chi connectivity index (χ4v) is 3.65. The lowest BCUT2D eigenvalue weighted by atomic mass is 10.1. The van der Waals surface area contributed by atoms with Crippen molar-refractivity contribution >= 4 is 22.9 Å². The van der Waals surface area contributed by atoms with E-state index in [0.29, 0.717) is 11.5 Å². The first-order valence-corrected chi connectivity index (χ1v) is 7.95. The first kappa shape index (κ1) is 14.0. The summed E-state index contributed by atoms with van der Waals surface area (Å²) in [4.78, 5) is 14.0. The molecule has 2 heterocycles. The van der Waals surface area contributed by atoms with Crippen LogP contribution in [-0.4, -0.2) is 5.91 Å². The molecule has 0 spiro atoms. The fourth-order valence-electron chi connectivity index (χ4n) is 2.56. The van der Waals surface area contributed by atoms with Gasteiger partial charge in [-0.15, -0.1) is 11.3 Å². The molecule has 0 fully saturated rings. The van der Waals surface area contributed by atoms with Crippen LogP contribution in [0.2, 0.25) is 0 Å². The molecule has 0 atom stereocenters. The molecule has 3 nitrogen and oxygen atoms in total. The third kappa shape index (κ3) is 2.49. The van der Waals surface area contributed by atoms with Crippen LogP contribution in [0.1, 0.15) is 15.2 Å². The van der Waals surface area contributed by atoms with Crippen LogP contribution in [0.15, 0.2) is 54.6 Å². The Hall–Kier alpha value is -2.66. The second-order valence-corrected chi connectivity index (χ2v) is 6.24. The van der Waals surface area contributed by atoms with Crippen molar-refractivity contribution in [2.75, 3.05) is 5.32 Å². The predicted molar refractivity (Wildman–Crippen MR) is 88.4 cm³/mol. The van der Waals surface area contributed by atoms with Crippen molar-refractivity contribution in [1.29, 1.82) is 0 Å². The van der Waals surface area contributed by atoms with E-state index in [-0.39, 0.29) is 11.6 Å². The van der Waals surface area contributed by atoms with Crippen LogP contribution < -0.4 is 10.1 Å². The normalized spacial score (nSPS) is 12.0. The Bertz CT molecular complexity index is 904. The number of para-hydroxylation sites is 2. The van der Waals surface area contributed by atoms with Crippen molar-refractivity contribution in [3.8, 4) is 16.2 Å². The summed E-state index contributed by atoms with van der Waals surface area (Å²) in [5.41, 5.74) is 2.15. The maximum Gasteiger partial charge on any atom is 0.265 e. The van der Waals surface area contributed by atoms with Crippen molar-refractivity contribution in [2.45, 2.75) is 6.61 Å². The summed E-state index contributed by atoms with van der Waals surface area (Å²) in [6, 6.07) is 15.7. The summed E-state index contributed by atoms with van der Waals surface area (Å²) in [5.74, 6) is 0.0609. The third-order valence-electron chi connectivity index (χ3n) is 3.67. The zero-order chi connectivity index (χ0) is 15.8. The molecule has 1 aromatic heterocycles. The van der Waals surface area contributed by atoms with Crippen molar-refractivity contribution in [3.05, 3.63) is 70.9 Å². The van der Waals surface area contributed by atoms with Crippen molar-refractivity contribution in [2.24, 2.45) is 0 Å². The van der Waals surface area contributed by atoms with Gasteiger partial charge in [0, 0.05) is 16.0 Å². The number of anilines is 1. The minimum absolute atomic E-state index is 0.181. The monoisotopic (exact) mass is 325 g/mol. The highest BCUT2D eigenvalue weighted by Crippen LogP contribution is 2.42. The van der Waals surface area contributed by atoms with Gasteiger partial charge in [-0.05, 0) is 30.3 Å². The average molecular weight is 325 g/mol. The molecule has 1 aliphatic heterocycles. The van der Waals surface area contributed by atoms with Crippen LogP contribution in [0.5, 0.6) is 5.75 Å². The first-order chi connectivity index (χ1) is 11.2. The lowest BCUT2D eigenvalue weighted by Gasteiger charge is -2.16. The molecular formula is C18H12FNO2S. The summed E-state index contributed by atoms with van der Waals surface area (Å²) in [6.45, 7) is 0.440. The smallest absolute Gasteiger partial charge is 0.265 e. The highest BCUT2D eigenvalue weighted by atomic mass is 32.1. The van der Waals surface area contributed by atoms with Gasteiger partial charge in [0.1, 0.15) is 18.2 Å². The molecule has 0 saturated carbocycles. The SMILES string of the molecule is O=C(Nc1ccccc1F)c1cc2c(s1)-c1ccccc1OC2. The Morgan fingerprint density at radius 3 is 2.78 bits per heavy atom. The number of benzene rings is 2. The number of amides is 1. The Morgan fingerprint density at radius 2 is 1.91 bits per heavy atom. The van der Waals surface area contributed by atoms with Crippen molar-refractivity contribution < 1.29 is 13.9 Å². The molecule has 114 valence electrons. The molecule has 2 aromatic carbocycles. The summed E-state index contributed by atoms with van der Waals surface area (Å²) >= 11 is 1.40. The number of rotatable bonds is 2. The molecule has 0 radical (unpaired) electrons. The van der Waals surface area contributed by atoms with E-state index in [0.717, 1.165) is 21.8 Å². The van der Waals surface area contributed by atoms with E-state index in [9.17, 15) is 9.18 Å². The maximum atomic E-state index is 13.7. The van der Waals surface area contributed by atoms with Crippen molar-refractivity contribution in [3.63, 3.8) is 0 Å². The molecule has 1 aliphatic rings. The molecule has 1 amide bonds. The molecular weight excluding hydrogens is 313 g/mol. The predicted octanol–water partition coefficient (Wildman–Crippen LogP) is 4.70. The lowest BCUT2D eigenvalue weighted by molar-refractivity contribution is 0.103. The molecule has 0 saturated heterocycles. The van der Waals surface area contributed by atoms with E-state index < -0.39 is 5.82 Å². The number of fused-ring (bicyclic) bond motifs is 3. The Kier molecular flexibility index (Phi) is 3.35. The van der Waals surface area contributed by atoms with Gasteiger partial charge in [-0.1, -0.05) is 24.3 Å². The van der Waals surface area contributed by atoms with E-state index in [1.54, 1.807) is 18.2 Å². The number of halogens is 1. The Labute approximate surface area is 136 Å². The molecule has 4 rings (SSSR count). The van der Waals surface area contributed by atoms with Gasteiger partial charge in [0.05, 0.1) is 10.6 Å². The van der Waals surface area contributed by atoms with Gasteiger partial charge < -0.3 is 10.1 Å². The third-order valence-corrected chi connectivity index (χ3v) is 4.88. The van der Waals surface area contributed by atoms with Crippen LogP contribution in [0.3, 0.4) is 0 Å². The van der Waals surface area contributed by atoms with Gasteiger partial charge in [0.2, 0.25) is 0 Å². The largest absolute Gasteiger partial charge is 0.488 e. The average Bonchev–Trinajstić information content (AvgIpc) is 3.02. The topological polar surface area (TPSA) is 38.3 Å². The number of hydrogen-bond donors (Lipinski definition) is 1. The van der Waals surface area contributed by atoms with E-state index in [2.05, 4.69) is 5.32 Å². The quantitative estimate of drug-likeness (QED) is 0.742. The van der Waals surface area contributed by atoms with E-state index >= 15 is 0 Å². The van der Waals surface area contributed by atoms with Gasteiger partial charge >= 0.3 is 0 Å². The number of hydrogen-bond acceptors (Lipinski definition) is 3. The second-order valence-electron chi connectivity index (χ2n) is 5.18. The van der Waals surface area contributed by atoms with Crippen LogP contribution in [0.4, 0.5) is 10.1 Å². The van der Waals surface area contributed by atoms with Crippen LogP contribution in [0, 0.1) is 5.82 Å². The van der Waals surface area contributed by atoms with Crippen LogP contribution in [0.25, 0.3) is 10.4 Å². The van der Waals surface area contributed by atoms with Gasteiger partial charge in [-0.25, -0.2) is 4.39 Å². The number of carbonyl (C=O) groups is 1. The molecule has 5 heteroatoms. The van der Waals surface area contributed by atoms with Gasteiger partial charge in [-0.3, -0.25) is 4.79 Å². The first-order valence-electron chi connectivity index (χ1n) is 7.13. The number of carbonyl (C=O) groups excluding carboxylic acids is 1. The second kappa shape index (κ2) is 5.52. The standard InChI is InChI=1S/C18H12FNO2S/c19-13-6-2-3-7-14(13)20-18(21)16-9-11-10-22-15-8-4-1-5-12(15)17(11)23-16/h1-9H,10H2,(H,20,21). The van der Waals surface area contributed by atoms with Crippen LogP contribution >= 0.6 is 11.3 Å². The molecule has 0 aliphatic carbocycles. The molecule has 1 N–H and O–H groups in total. The summed E-state index contributed by atoms with van der Waals surface area (Å²) in [6.07, 6.45) is 0. The van der Waals surface area contributed by atoms with E-state index in [4.69, 9.17) is 4.74 Å². The van der Waals surface area contributed by atoms with Gasteiger partial charge in [-0.2, -0.15) is 0 Å². The molecule has 0 unspecified atom stereocenters. The molecule has 3 aromatic rings. The zero-order valence-corrected chi connectivity index (χ0v) is 12.8. The van der Waals surface area contributed by atoms with E-state index in [1.165, 1.54) is 17.4 Å². The number of nitrogens with one attached hydrogen (secondary N) is 1. The minimum atomic E-state index is -0.448. The Morgan fingerprint density at radius 1 is 1.13 bits per heavy atom. The zero-order valence-electron chi connectivity index (χ0n) is 12.0. The molecule has 0 bridgehead atoms. The van der Waals surface area contributed by atoms with Gasteiger partial charge in [0.15, 0.2) is 0 Å². The maximum absolute atomic E-state index is 13.7. The van der Waals surface area contributed by atoms with Crippen LogP contribution in [-0.2, 0) is 6.61 Å². The van der Waals surface area contributed by atoms with E-state index in [1.807, 2.05) is 30.3 Å². The summed E-state index contributed by atoms with van der Waals surface area (Å²) < 4.78 is 19.4. The van der Waals surface area contributed by atoms with Gasteiger partial charge in [0.25, 0.3) is 5.91 Å². The van der Waals surface area contributed by atoms with Crippen molar-refractivity contribution in [1.82, 2.24) is 0 Å². The minimum Gasteiger partial charge on any atom is -0.488 e. The summed E-state index contributed by atoms with van der Waals surface area (Å²) in [5, 5.41) is 2.62. The molecule has 23 heavy (non-hydrogen) atoms.